The Balaban J connectivity index is 1.44. The van der Waals surface area contributed by atoms with Crippen LogP contribution in [0.1, 0.15) is 26.5 Å². The van der Waals surface area contributed by atoms with Crippen molar-refractivity contribution in [3.63, 3.8) is 0 Å². The van der Waals surface area contributed by atoms with Crippen molar-refractivity contribution in [1.82, 2.24) is 10.7 Å². The van der Waals surface area contributed by atoms with E-state index in [1.165, 1.54) is 18.5 Å². The van der Waals surface area contributed by atoms with E-state index >= 15 is 0 Å². The molecule has 9 heteroatoms. The third-order valence-electron chi connectivity index (χ3n) is 3.74. The highest BCUT2D eigenvalue weighted by Gasteiger charge is 2.11. The SMILES string of the molecule is O=C(CNC(=O)c1ccccc1Br)N/N=C/c1ccc(OC(=O)c2ccco2)cc1. The largest absolute Gasteiger partial charge is 0.457 e. The van der Waals surface area contributed by atoms with Gasteiger partial charge in [0.1, 0.15) is 5.75 Å². The molecule has 0 aliphatic rings. The summed E-state index contributed by atoms with van der Waals surface area (Å²) in [6.45, 7) is -0.223. The van der Waals surface area contributed by atoms with Gasteiger partial charge in [0.25, 0.3) is 11.8 Å². The molecule has 3 aromatic rings. The summed E-state index contributed by atoms with van der Waals surface area (Å²) in [5, 5.41) is 6.35. The number of benzene rings is 2. The Kier molecular flexibility index (Phi) is 7.12. The van der Waals surface area contributed by atoms with Crippen molar-refractivity contribution < 1.29 is 23.5 Å². The number of furan rings is 1. The Morgan fingerprint density at radius 3 is 2.50 bits per heavy atom. The van der Waals surface area contributed by atoms with Gasteiger partial charge in [0.2, 0.25) is 5.76 Å². The summed E-state index contributed by atoms with van der Waals surface area (Å²) in [4.78, 5) is 35.7. The fourth-order valence-electron chi connectivity index (χ4n) is 2.29. The number of ether oxygens (including phenoxy) is 1. The summed E-state index contributed by atoms with van der Waals surface area (Å²) in [6.07, 6.45) is 2.81. The van der Waals surface area contributed by atoms with Crippen LogP contribution >= 0.6 is 15.9 Å². The molecule has 1 heterocycles. The first kappa shape index (κ1) is 21.0. The lowest BCUT2D eigenvalue weighted by molar-refractivity contribution is -0.120. The highest BCUT2D eigenvalue weighted by atomic mass is 79.9. The maximum atomic E-state index is 12.0. The highest BCUT2D eigenvalue weighted by Crippen LogP contribution is 2.15. The van der Waals surface area contributed by atoms with Gasteiger partial charge in [-0.3, -0.25) is 9.59 Å². The van der Waals surface area contributed by atoms with E-state index in [0.29, 0.717) is 21.3 Å². The molecule has 0 saturated heterocycles. The number of carbonyl (C=O) groups is 3. The van der Waals surface area contributed by atoms with Crippen molar-refractivity contribution in [2.24, 2.45) is 5.10 Å². The summed E-state index contributed by atoms with van der Waals surface area (Å²) in [7, 11) is 0. The van der Waals surface area contributed by atoms with Gasteiger partial charge in [-0.15, -0.1) is 0 Å². The lowest BCUT2D eigenvalue weighted by Crippen LogP contribution is -2.35. The lowest BCUT2D eigenvalue weighted by Gasteiger charge is -2.05. The normalized spacial score (nSPS) is 10.6. The third-order valence-corrected chi connectivity index (χ3v) is 4.44. The van der Waals surface area contributed by atoms with Crippen LogP contribution in [0.5, 0.6) is 5.75 Å². The molecule has 0 fully saturated rings. The van der Waals surface area contributed by atoms with Gasteiger partial charge in [0, 0.05) is 4.47 Å². The standard InChI is InChI=1S/C21H16BrN3O5/c22-17-5-2-1-4-16(17)20(27)23-13-19(26)25-24-12-14-7-9-15(10-8-14)30-21(28)18-6-3-11-29-18/h1-12H,13H2,(H,23,27)(H,25,26)/b24-12+. The Morgan fingerprint density at radius 1 is 1.03 bits per heavy atom. The van der Waals surface area contributed by atoms with Crippen molar-refractivity contribution in [2.75, 3.05) is 6.54 Å². The minimum absolute atomic E-state index is 0.107. The molecule has 2 aromatic carbocycles. The maximum Gasteiger partial charge on any atom is 0.379 e. The number of nitrogens with one attached hydrogen (secondary N) is 2. The van der Waals surface area contributed by atoms with Crippen molar-refractivity contribution in [3.05, 3.63) is 88.3 Å². The molecule has 0 bridgehead atoms. The van der Waals surface area contributed by atoms with Crippen LogP contribution in [0.2, 0.25) is 0 Å². The Labute approximate surface area is 180 Å². The highest BCUT2D eigenvalue weighted by molar-refractivity contribution is 9.10. The van der Waals surface area contributed by atoms with Crippen LogP contribution < -0.4 is 15.5 Å². The second-order valence-corrected chi connectivity index (χ2v) is 6.75. The van der Waals surface area contributed by atoms with Gasteiger partial charge < -0.3 is 14.5 Å². The number of amides is 2. The van der Waals surface area contributed by atoms with Crippen LogP contribution in [0, 0.1) is 0 Å². The van der Waals surface area contributed by atoms with Crippen LogP contribution in [-0.4, -0.2) is 30.5 Å². The Bertz CT molecular complexity index is 1060. The van der Waals surface area contributed by atoms with E-state index in [2.05, 4.69) is 31.8 Å². The average Bonchev–Trinajstić information content (AvgIpc) is 3.29. The van der Waals surface area contributed by atoms with E-state index in [9.17, 15) is 14.4 Å². The number of hydrazone groups is 1. The molecule has 8 nitrogen and oxygen atoms in total. The predicted octanol–water partition coefficient (Wildman–Crippen LogP) is 3.14. The molecule has 2 amide bonds. The van der Waals surface area contributed by atoms with E-state index in [1.807, 2.05) is 0 Å². The molecule has 1 aromatic heterocycles. The molecule has 0 radical (unpaired) electrons. The van der Waals surface area contributed by atoms with Gasteiger partial charge in [-0.1, -0.05) is 12.1 Å². The molecule has 0 aliphatic heterocycles. The van der Waals surface area contributed by atoms with Gasteiger partial charge in [-0.25, -0.2) is 10.2 Å². The monoisotopic (exact) mass is 469 g/mol. The van der Waals surface area contributed by atoms with Crippen molar-refractivity contribution in [3.8, 4) is 5.75 Å². The lowest BCUT2D eigenvalue weighted by atomic mass is 10.2. The fourth-order valence-corrected chi connectivity index (χ4v) is 2.76. The van der Waals surface area contributed by atoms with E-state index < -0.39 is 11.9 Å². The van der Waals surface area contributed by atoms with Gasteiger partial charge in [0.15, 0.2) is 0 Å². The Morgan fingerprint density at radius 2 is 1.80 bits per heavy atom. The molecule has 152 valence electrons. The summed E-state index contributed by atoms with van der Waals surface area (Å²) >= 11 is 3.28. The third kappa shape index (κ3) is 5.89. The van der Waals surface area contributed by atoms with E-state index in [4.69, 9.17) is 9.15 Å². The topological polar surface area (TPSA) is 110 Å². The zero-order valence-electron chi connectivity index (χ0n) is 15.5. The number of carbonyl (C=O) groups excluding carboxylic acids is 3. The molecule has 0 spiro atoms. The van der Waals surface area contributed by atoms with Crippen molar-refractivity contribution >= 4 is 39.9 Å². The summed E-state index contributed by atoms with van der Waals surface area (Å²) in [5.74, 6) is -1.00. The molecule has 0 unspecified atom stereocenters. The van der Waals surface area contributed by atoms with Crippen molar-refractivity contribution in [1.29, 1.82) is 0 Å². The zero-order chi connectivity index (χ0) is 21.3. The predicted molar refractivity (Wildman–Crippen MR) is 112 cm³/mol. The smallest absolute Gasteiger partial charge is 0.379 e. The minimum atomic E-state index is -0.599. The molecule has 0 atom stereocenters. The Hall–Kier alpha value is -3.72. The average molecular weight is 470 g/mol. The quantitative estimate of drug-likeness (QED) is 0.239. The van der Waals surface area contributed by atoms with Crippen LogP contribution in [-0.2, 0) is 4.79 Å². The van der Waals surface area contributed by atoms with Gasteiger partial charge in [-0.05, 0) is 70.0 Å². The van der Waals surface area contributed by atoms with Crippen LogP contribution in [0.3, 0.4) is 0 Å². The molecular formula is C21H16BrN3O5. The van der Waals surface area contributed by atoms with Gasteiger partial charge in [-0.2, -0.15) is 5.10 Å². The zero-order valence-corrected chi connectivity index (χ0v) is 17.1. The molecule has 30 heavy (non-hydrogen) atoms. The van der Waals surface area contributed by atoms with Gasteiger partial charge in [0.05, 0.1) is 24.6 Å². The molecule has 2 N–H and O–H groups in total. The van der Waals surface area contributed by atoms with E-state index in [0.717, 1.165) is 0 Å². The number of nitrogens with zero attached hydrogens (tertiary/aromatic N) is 1. The fraction of sp³-hybridized carbons (Fsp3) is 0.0476. The van der Waals surface area contributed by atoms with Crippen molar-refractivity contribution in [2.45, 2.75) is 0 Å². The summed E-state index contributed by atoms with van der Waals surface area (Å²) in [6, 6.07) is 16.5. The minimum Gasteiger partial charge on any atom is -0.457 e. The number of esters is 1. The number of rotatable bonds is 7. The van der Waals surface area contributed by atoms with Gasteiger partial charge >= 0.3 is 5.97 Å². The summed E-state index contributed by atoms with van der Waals surface area (Å²) in [5.41, 5.74) is 3.43. The molecular weight excluding hydrogens is 454 g/mol. The molecule has 0 aliphatic carbocycles. The van der Waals surface area contributed by atoms with E-state index in [-0.39, 0.29) is 18.2 Å². The second kappa shape index (κ2) is 10.2. The first-order valence-electron chi connectivity index (χ1n) is 8.73. The van der Waals surface area contributed by atoms with E-state index in [1.54, 1.807) is 54.6 Å². The number of hydrogen-bond donors (Lipinski definition) is 2. The second-order valence-electron chi connectivity index (χ2n) is 5.89. The number of halogens is 1. The first-order valence-corrected chi connectivity index (χ1v) is 9.52. The summed E-state index contributed by atoms with van der Waals surface area (Å²) < 4.78 is 10.8. The maximum absolute atomic E-state index is 12.0. The molecule has 0 saturated carbocycles. The van der Waals surface area contributed by atoms with Crippen LogP contribution in [0.15, 0.2) is 80.9 Å². The van der Waals surface area contributed by atoms with Crippen LogP contribution in [0.25, 0.3) is 0 Å². The number of hydrogen-bond acceptors (Lipinski definition) is 6. The first-order chi connectivity index (χ1) is 14.5. The molecule has 3 rings (SSSR count). The van der Waals surface area contributed by atoms with Crippen LogP contribution in [0.4, 0.5) is 0 Å².